The predicted molar refractivity (Wildman–Crippen MR) is 136 cm³/mol. The number of benzene rings is 4. The topological polar surface area (TPSA) is 26.0 Å². The molecule has 6 aromatic rings. The van der Waals surface area contributed by atoms with Crippen molar-refractivity contribution in [1.82, 2.24) is 4.98 Å². The van der Waals surface area contributed by atoms with Crippen LogP contribution in [0.25, 0.3) is 55.7 Å². The Morgan fingerprint density at radius 2 is 0.909 bits per heavy atom. The quantitative estimate of drug-likeness (QED) is 0.284. The van der Waals surface area contributed by atoms with E-state index in [9.17, 15) is 0 Å². The summed E-state index contributed by atoms with van der Waals surface area (Å²) in [6.07, 6.45) is 3.74. The number of pyridine rings is 1. The number of hydrogen-bond donors (Lipinski definition) is 0. The normalized spacial score (nSPS) is 11.0. The molecule has 2 heterocycles. The van der Waals surface area contributed by atoms with Gasteiger partial charge < -0.3 is 4.42 Å². The molecule has 0 spiro atoms. The fourth-order valence-corrected chi connectivity index (χ4v) is 4.49. The molecule has 0 amide bonds. The van der Waals surface area contributed by atoms with Crippen molar-refractivity contribution in [2.24, 2.45) is 0 Å². The Balaban J connectivity index is 1.61. The molecule has 2 aromatic heterocycles. The van der Waals surface area contributed by atoms with Gasteiger partial charge in [-0.2, -0.15) is 0 Å². The minimum atomic E-state index is 0.843. The molecular formula is C31H21NO. The molecule has 0 fully saturated rings. The van der Waals surface area contributed by atoms with Crippen LogP contribution in [0.1, 0.15) is 0 Å². The number of furan rings is 1. The van der Waals surface area contributed by atoms with Gasteiger partial charge in [-0.25, -0.2) is 0 Å². The molecular weight excluding hydrogens is 402 g/mol. The summed E-state index contributed by atoms with van der Waals surface area (Å²) in [6.45, 7) is 0. The van der Waals surface area contributed by atoms with E-state index in [1.54, 1.807) is 0 Å². The van der Waals surface area contributed by atoms with Crippen LogP contribution in [-0.2, 0) is 0 Å². The van der Waals surface area contributed by atoms with Gasteiger partial charge in [0.2, 0.25) is 0 Å². The average Bonchev–Trinajstić information content (AvgIpc) is 3.29. The van der Waals surface area contributed by atoms with Gasteiger partial charge in [-0.3, -0.25) is 4.98 Å². The summed E-state index contributed by atoms with van der Waals surface area (Å²) in [4.78, 5) is 4.44. The van der Waals surface area contributed by atoms with E-state index in [1.807, 2.05) is 24.5 Å². The average molecular weight is 424 g/mol. The Hall–Kier alpha value is -4.43. The third-order valence-corrected chi connectivity index (χ3v) is 6.03. The molecule has 0 aliphatic rings. The summed E-state index contributed by atoms with van der Waals surface area (Å²) >= 11 is 0. The number of aromatic nitrogens is 1. The number of fused-ring (bicyclic) bond motifs is 1. The lowest BCUT2D eigenvalue weighted by molar-refractivity contribution is 0.602. The molecule has 0 aliphatic heterocycles. The first-order valence-electron chi connectivity index (χ1n) is 11.1. The highest BCUT2D eigenvalue weighted by atomic mass is 16.3. The van der Waals surface area contributed by atoms with Crippen molar-refractivity contribution in [1.29, 1.82) is 0 Å². The zero-order valence-corrected chi connectivity index (χ0v) is 18.0. The van der Waals surface area contributed by atoms with Crippen molar-refractivity contribution in [2.75, 3.05) is 0 Å². The third kappa shape index (κ3) is 3.42. The summed E-state index contributed by atoms with van der Waals surface area (Å²) in [5.41, 5.74) is 6.63. The Morgan fingerprint density at radius 3 is 1.55 bits per heavy atom. The van der Waals surface area contributed by atoms with Crippen LogP contribution in [0.3, 0.4) is 0 Å². The molecule has 0 N–H and O–H groups in total. The van der Waals surface area contributed by atoms with Crippen LogP contribution >= 0.6 is 0 Å². The van der Waals surface area contributed by atoms with Crippen LogP contribution in [0.5, 0.6) is 0 Å². The summed E-state index contributed by atoms with van der Waals surface area (Å²) in [5, 5.41) is 2.18. The van der Waals surface area contributed by atoms with E-state index in [2.05, 4.69) is 108 Å². The number of nitrogens with zero attached hydrogens (tertiary/aromatic N) is 1. The SMILES string of the molecule is c1ccc(-c2ccccc2-c2oc(-c3cnccc3-c3ccccc3)c3ccccc23)cc1. The van der Waals surface area contributed by atoms with Gasteiger partial charge in [-0.15, -0.1) is 0 Å². The Labute approximate surface area is 192 Å². The van der Waals surface area contributed by atoms with Crippen molar-refractivity contribution >= 4 is 10.8 Å². The summed E-state index contributed by atoms with van der Waals surface area (Å²) in [7, 11) is 0. The van der Waals surface area contributed by atoms with Gasteiger partial charge in [-0.1, -0.05) is 109 Å². The van der Waals surface area contributed by atoms with Crippen LogP contribution in [0, 0.1) is 0 Å². The molecule has 2 heteroatoms. The smallest absolute Gasteiger partial charge is 0.144 e. The second-order valence-electron chi connectivity index (χ2n) is 8.00. The molecule has 156 valence electrons. The van der Waals surface area contributed by atoms with Gasteiger partial charge in [0.1, 0.15) is 11.5 Å². The monoisotopic (exact) mass is 423 g/mol. The second-order valence-corrected chi connectivity index (χ2v) is 8.00. The lowest BCUT2D eigenvalue weighted by Crippen LogP contribution is -1.86. The van der Waals surface area contributed by atoms with Crippen LogP contribution in [0.2, 0.25) is 0 Å². The molecule has 0 radical (unpaired) electrons. The number of hydrogen-bond acceptors (Lipinski definition) is 2. The summed E-state index contributed by atoms with van der Waals surface area (Å²) in [6, 6.07) is 39.7. The zero-order chi connectivity index (χ0) is 22.0. The summed E-state index contributed by atoms with van der Waals surface area (Å²) in [5.74, 6) is 1.72. The molecule has 6 rings (SSSR count). The molecule has 33 heavy (non-hydrogen) atoms. The molecule has 0 atom stereocenters. The number of rotatable bonds is 4. The minimum Gasteiger partial charge on any atom is -0.455 e. The largest absolute Gasteiger partial charge is 0.455 e. The minimum absolute atomic E-state index is 0.843. The zero-order valence-electron chi connectivity index (χ0n) is 18.0. The van der Waals surface area contributed by atoms with Gasteiger partial charge in [0.05, 0.1) is 0 Å². The maximum absolute atomic E-state index is 6.72. The first-order chi connectivity index (χ1) is 16.4. The van der Waals surface area contributed by atoms with Gasteiger partial charge >= 0.3 is 0 Å². The van der Waals surface area contributed by atoms with Crippen LogP contribution in [0.4, 0.5) is 0 Å². The van der Waals surface area contributed by atoms with Gasteiger partial charge in [0.15, 0.2) is 0 Å². The van der Waals surface area contributed by atoms with Crippen molar-refractivity contribution in [2.45, 2.75) is 0 Å². The lowest BCUT2D eigenvalue weighted by Gasteiger charge is -2.09. The first kappa shape index (κ1) is 19.3. The van der Waals surface area contributed by atoms with Gasteiger partial charge in [0.25, 0.3) is 0 Å². The van der Waals surface area contributed by atoms with Crippen LogP contribution in [0.15, 0.2) is 132 Å². The molecule has 0 bridgehead atoms. The van der Waals surface area contributed by atoms with Gasteiger partial charge in [-0.05, 0) is 28.3 Å². The van der Waals surface area contributed by atoms with E-state index in [0.29, 0.717) is 0 Å². The highest BCUT2D eigenvalue weighted by Gasteiger charge is 2.20. The highest BCUT2D eigenvalue weighted by Crippen LogP contribution is 2.44. The van der Waals surface area contributed by atoms with Crippen molar-refractivity contribution in [3.63, 3.8) is 0 Å². The van der Waals surface area contributed by atoms with E-state index in [1.165, 1.54) is 5.56 Å². The van der Waals surface area contributed by atoms with Crippen LogP contribution < -0.4 is 0 Å². The van der Waals surface area contributed by atoms with E-state index in [-0.39, 0.29) is 0 Å². The molecule has 0 aliphatic carbocycles. The predicted octanol–water partition coefficient (Wildman–Crippen LogP) is 8.50. The maximum Gasteiger partial charge on any atom is 0.144 e. The fraction of sp³-hybridized carbons (Fsp3) is 0. The summed E-state index contributed by atoms with van der Waals surface area (Å²) < 4.78 is 6.72. The van der Waals surface area contributed by atoms with Crippen molar-refractivity contribution < 1.29 is 4.42 Å². The van der Waals surface area contributed by atoms with E-state index in [4.69, 9.17) is 4.42 Å². The standard InChI is InChI=1S/C31H21NO/c1-3-11-22(12-4-1)24-15-7-8-16-26(24)30-27-17-9-10-18-28(27)31(33-30)29-21-32-20-19-25(29)23-13-5-2-6-14-23/h1-21H. The first-order valence-corrected chi connectivity index (χ1v) is 11.1. The van der Waals surface area contributed by atoms with E-state index in [0.717, 1.165) is 50.1 Å². The van der Waals surface area contributed by atoms with Crippen molar-refractivity contribution in [3.05, 3.63) is 128 Å². The maximum atomic E-state index is 6.72. The lowest BCUT2D eigenvalue weighted by atomic mass is 9.96. The molecule has 2 nitrogen and oxygen atoms in total. The highest BCUT2D eigenvalue weighted by molar-refractivity contribution is 6.06. The molecule has 4 aromatic carbocycles. The molecule has 0 unspecified atom stereocenters. The Morgan fingerprint density at radius 1 is 0.424 bits per heavy atom. The second kappa shape index (κ2) is 8.25. The van der Waals surface area contributed by atoms with Gasteiger partial charge in [0, 0.05) is 34.3 Å². The van der Waals surface area contributed by atoms with Crippen LogP contribution in [-0.4, -0.2) is 4.98 Å². The van der Waals surface area contributed by atoms with E-state index < -0.39 is 0 Å². The fourth-order valence-electron chi connectivity index (χ4n) is 4.49. The molecule has 0 saturated carbocycles. The Kier molecular flexibility index (Phi) is 4.82. The third-order valence-electron chi connectivity index (χ3n) is 6.03. The van der Waals surface area contributed by atoms with E-state index >= 15 is 0 Å². The van der Waals surface area contributed by atoms with Crippen molar-refractivity contribution in [3.8, 4) is 44.9 Å². The molecule has 0 saturated heterocycles. The Bertz CT molecular complexity index is 1430.